The van der Waals surface area contributed by atoms with Crippen molar-refractivity contribution in [3.8, 4) is 5.75 Å². The molecule has 0 aliphatic heterocycles. The highest BCUT2D eigenvalue weighted by molar-refractivity contribution is 9.11. The number of primary sulfonamides is 1. The second-order valence-corrected chi connectivity index (χ2v) is 8.78. The zero-order valence-electron chi connectivity index (χ0n) is 10.9. The molecule has 8 heteroatoms. The monoisotopic (exact) mass is 491 g/mol. The maximum Gasteiger partial charge on any atom is 0.209 e. The van der Waals surface area contributed by atoms with Crippen molar-refractivity contribution >= 4 is 57.8 Å². The molecule has 1 unspecified atom stereocenters. The Bertz CT molecular complexity index is 540. The molecule has 0 radical (unpaired) electrons. The summed E-state index contributed by atoms with van der Waals surface area (Å²) in [4.78, 5) is 0. The van der Waals surface area contributed by atoms with Crippen LogP contribution >= 0.6 is 47.8 Å². The van der Waals surface area contributed by atoms with E-state index in [2.05, 4.69) is 47.8 Å². The van der Waals surface area contributed by atoms with Gasteiger partial charge in [0.05, 0.1) is 21.3 Å². The lowest BCUT2D eigenvalue weighted by Gasteiger charge is -2.17. The molecule has 0 aromatic heterocycles. The van der Waals surface area contributed by atoms with Crippen molar-refractivity contribution in [1.82, 2.24) is 0 Å². The first kappa shape index (κ1) is 18.4. The van der Waals surface area contributed by atoms with Gasteiger partial charge in [0.2, 0.25) is 10.0 Å². The molecule has 20 heavy (non-hydrogen) atoms. The molecule has 0 heterocycles. The van der Waals surface area contributed by atoms with Crippen molar-refractivity contribution in [3.05, 3.63) is 25.6 Å². The fourth-order valence-corrected chi connectivity index (χ4v) is 5.23. The average molecular weight is 494 g/mol. The van der Waals surface area contributed by atoms with Crippen LogP contribution in [0, 0.1) is 5.92 Å². The summed E-state index contributed by atoms with van der Waals surface area (Å²) in [5.74, 6) is 0.480. The van der Waals surface area contributed by atoms with Crippen LogP contribution < -0.4 is 9.88 Å². The van der Waals surface area contributed by atoms with Gasteiger partial charge in [-0.15, -0.1) is 0 Å². The Morgan fingerprint density at radius 1 is 1.25 bits per heavy atom. The molecule has 0 saturated carbocycles. The number of nitrogens with two attached hydrogens (primary N) is 1. The van der Waals surface area contributed by atoms with Gasteiger partial charge in [0.25, 0.3) is 0 Å². The topological polar surface area (TPSA) is 69.4 Å². The number of sulfonamides is 1. The summed E-state index contributed by atoms with van der Waals surface area (Å²) >= 11 is 10.2. The Kier molecular flexibility index (Phi) is 7.48. The van der Waals surface area contributed by atoms with Gasteiger partial charge in [0.15, 0.2) is 0 Å². The highest BCUT2D eigenvalue weighted by atomic mass is 79.9. The maximum absolute atomic E-state index is 11.2. The average Bonchev–Trinajstić information content (AvgIpc) is 2.25. The number of halogens is 3. The lowest BCUT2D eigenvalue weighted by atomic mass is 10.1. The standard InChI is InChI=1S/C12H16Br3NO3S/c1-2-3-8(7-20(16,17)18)6-19-12-10(14)4-9(13)5-11(12)15/h4-5,8H,2-3,6-7H2,1H3,(H2,16,17,18). The number of rotatable bonds is 7. The highest BCUT2D eigenvalue weighted by Gasteiger charge is 2.17. The van der Waals surface area contributed by atoms with Crippen molar-refractivity contribution in [3.63, 3.8) is 0 Å². The SMILES string of the molecule is CCCC(COc1c(Br)cc(Br)cc1Br)CS(N)(=O)=O. The van der Waals surface area contributed by atoms with E-state index in [9.17, 15) is 8.42 Å². The number of hydrogen-bond acceptors (Lipinski definition) is 3. The molecule has 4 nitrogen and oxygen atoms in total. The summed E-state index contributed by atoms with van der Waals surface area (Å²) < 4.78 is 30.7. The fourth-order valence-electron chi connectivity index (χ4n) is 1.82. The van der Waals surface area contributed by atoms with Crippen LogP contribution in [-0.4, -0.2) is 20.8 Å². The van der Waals surface area contributed by atoms with Gasteiger partial charge in [-0.2, -0.15) is 0 Å². The Balaban J connectivity index is 2.77. The first-order valence-corrected chi connectivity index (χ1v) is 10.1. The van der Waals surface area contributed by atoms with E-state index in [4.69, 9.17) is 9.88 Å². The summed E-state index contributed by atoms with van der Waals surface area (Å²) in [6.07, 6.45) is 1.63. The molecule has 0 amide bonds. The van der Waals surface area contributed by atoms with Crippen LogP contribution in [0.2, 0.25) is 0 Å². The smallest absolute Gasteiger partial charge is 0.209 e. The molecule has 1 aromatic rings. The third-order valence-electron chi connectivity index (χ3n) is 2.59. The number of benzene rings is 1. The summed E-state index contributed by atoms with van der Waals surface area (Å²) in [7, 11) is -3.49. The van der Waals surface area contributed by atoms with Crippen molar-refractivity contribution < 1.29 is 13.2 Å². The summed E-state index contributed by atoms with van der Waals surface area (Å²) in [5, 5.41) is 5.11. The van der Waals surface area contributed by atoms with E-state index in [1.165, 1.54) is 0 Å². The van der Waals surface area contributed by atoms with Crippen LogP contribution in [-0.2, 0) is 10.0 Å². The van der Waals surface area contributed by atoms with Crippen molar-refractivity contribution in [1.29, 1.82) is 0 Å². The lowest BCUT2D eigenvalue weighted by Crippen LogP contribution is -2.27. The molecule has 0 fully saturated rings. The molecule has 2 N–H and O–H groups in total. The molecule has 0 bridgehead atoms. The summed E-state index contributed by atoms with van der Waals surface area (Å²) in [5.41, 5.74) is 0. The van der Waals surface area contributed by atoms with Crippen molar-refractivity contribution in [2.75, 3.05) is 12.4 Å². The third-order valence-corrected chi connectivity index (χ3v) is 5.16. The van der Waals surface area contributed by atoms with Crippen LogP contribution in [0.4, 0.5) is 0 Å². The second kappa shape index (κ2) is 8.12. The van der Waals surface area contributed by atoms with E-state index in [1.54, 1.807) is 0 Å². The van der Waals surface area contributed by atoms with Gasteiger partial charge in [0.1, 0.15) is 5.75 Å². The molecular formula is C12H16Br3NO3S. The molecule has 0 aliphatic carbocycles. The highest BCUT2D eigenvalue weighted by Crippen LogP contribution is 2.36. The van der Waals surface area contributed by atoms with Gasteiger partial charge in [-0.1, -0.05) is 29.3 Å². The van der Waals surface area contributed by atoms with Gasteiger partial charge in [-0.3, -0.25) is 0 Å². The first-order chi connectivity index (χ1) is 9.23. The van der Waals surface area contributed by atoms with E-state index >= 15 is 0 Å². The van der Waals surface area contributed by atoms with Gasteiger partial charge in [0, 0.05) is 10.4 Å². The Labute approximate surface area is 144 Å². The molecular weight excluding hydrogens is 478 g/mol. The zero-order valence-corrected chi connectivity index (χ0v) is 16.5. The normalized spacial score (nSPS) is 13.2. The van der Waals surface area contributed by atoms with Crippen LogP contribution in [0.3, 0.4) is 0 Å². The molecule has 0 spiro atoms. The molecule has 1 rings (SSSR count). The Morgan fingerprint density at radius 3 is 2.25 bits per heavy atom. The van der Waals surface area contributed by atoms with Gasteiger partial charge >= 0.3 is 0 Å². The van der Waals surface area contributed by atoms with Crippen LogP contribution in [0.25, 0.3) is 0 Å². The van der Waals surface area contributed by atoms with Crippen LogP contribution in [0.5, 0.6) is 5.75 Å². The van der Waals surface area contributed by atoms with Crippen molar-refractivity contribution in [2.24, 2.45) is 11.1 Å². The fraction of sp³-hybridized carbons (Fsp3) is 0.500. The maximum atomic E-state index is 11.2. The van der Waals surface area contributed by atoms with Gasteiger partial charge in [-0.25, -0.2) is 13.6 Å². The first-order valence-electron chi connectivity index (χ1n) is 6.00. The van der Waals surface area contributed by atoms with E-state index < -0.39 is 10.0 Å². The summed E-state index contributed by atoms with van der Waals surface area (Å²) in [6.45, 7) is 2.31. The minimum absolute atomic E-state index is 0.0629. The molecule has 1 aromatic carbocycles. The molecule has 0 aliphatic rings. The molecule has 0 saturated heterocycles. The lowest BCUT2D eigenvalue weighted by molar-refractivity contribution is 0.250. The summed E-state index contributed by atoms with van der Waals surface area (Å²) in [6, 6.07) is 3.74. The zero-order chi connectivity index (χ0) is 15.3. The number of ether oxygens (including phenoxy) is 1. The Hall–Kier alpha value is 0.370. The van der Waals surface area contributed by atoms with E-state index in [1.807, 2.05) is 19.1 Å². The van der Waals surface area contributed by atoms with Gasteiger partial charge < -0.3 is 4.74 Å². The molecule has 114 valence electrons. The van der Waals surface area contributed by atoms with E-state index in [0.29, 0.717) is 12.4 Å². The predicted molar refractivity (Wildman–Crippen MR) is 91.4 cm³/mol. The van der Waals surface area contributed by atoms with Crippen molar-refractivity contribution in [2.45, 2.75) is 19.8 Å². The second-order valence-electron chi connectivity index (χ2n) is 4.49. The quantitative estimate of drug-likeness (QED) is 0.622. The molecule has 1 atom stereocenters. The predicted octanol–water partition coefficient (Wildman–Crippen LogP) is 4.06. The largest absolute Gasteiger partial charge is 0.491 e. The Morgan fingerprint density at radius 2 is 1.80 bits per heavy atom. The van der Waals surface area contributed by atoms with Gasteiger partial charge in [-0.05, 0) is 50.4 Å². The van der Waals surface area contributed by atoms with E-state index in [0.717, 1.165) is 26.3 Å². The van der Waals surface area contributed by atoms with Crippen LogP contribution in [0.1, 0.15) is 19.8 Å². The number of hydrogen-bond donors (Lipinski definition) is 1. The van der Waals surface area contributed by atoms with Crippen LogP contribution in [0.15, 0.2) is 25.6 Å². The van der Waals surface area contributed by atoms with E-state index in [-0.39, 0.29) is 11.7 Å². The third kappa shape index (κ3) is 6.43. The minimum atomic E-state index is -3.49. The minimum Gasteiger partial charge on any atom is -0.491 e.